The van der Waals surface area contributed by atoms with Crippen LogP contribution in [0.2, 0.25) is 5.02 Å². The maximum absolute atomic E-state index is 13.5. The van der Waals surface area contributed by atoms with Crippen LogP contribution in [0.4, 0.5) is 0 Å². The summed E-state index contributed by atoms with van der Waals surface area (Å²) in [6.07, 6.45) is 0.703. The largest absolute Gasteiger partial charge is 0.494 e. The van der Waals surface area contributed by atoms with Crippen molar-refractivity contribution in [3.8, 4) is 5.75 Å². The number of ether oxygens (including phenoxy) is 1. The number of rotatable bonds is 9. The molecule has 0 aromatic heterocycles. The lowest BCUT2D eigenvalue weighted by atomic mass is 10.0. The topological polar surface area (TPSA) is 60.4 Å². The van der Waals surface area contributed by atoms with E-state index in [9.17, 15) is 13.2 Å². The van der Waals surface area contributed by atoms with Gasteiger partial charge in [0.2, 0.25) is 0 Å². The van der Waals surface area contributed by atoms with Crippen LogP contribution in [0.5, 0.6) is 5.75 Å². The molecule has 3 aromatic rings. The van der Waals surface area contributed by atoms with Crippen molar-refractivity contribution in [3.05, 3.63) is 94.5 Å². The van der Waals surface area contributed by atoms with Crippen LogP contribution >= 0.6 is 11.6 Å². The molecule has 1 unspecified atom stereocenters. The molecule has 162 valence electrons. The summed E-state index contributed by atoms with van der Waals surface area (Å²) >= 11 is 5.92. The molecule has 0 aliphatic rings. The average Bonchev–Trinajstić information content (AvgIpc) is 2.77. The summed E-state index contributed by atoms with van der Waals surface area (Å²) in [5, 5.41) is -0.498. The molecule has 3 rings (SSSR count). The molecule has 1 atom stereocenters. The highest BCUT2D eigenvalue weighted by molar-refractivity contribution is 7.91. The number of carbonyl (C=O) groups is 1. The summed E-state index contributed by atoms with van der Waals surface area (Å²) in [5.41, 5.74) is 1.94. The Hall–Kier alpha value is -2.63. The molecule has 3 aromatic carbocycles. The van der Waals surface area contributed by atoms with Crippen LogP contribution in [-0.2, 0) is 9.84 Å². The fourth-order valence-electron chi connectivity index (χ4n) is 3.22. The second-order valence-corrected chi connectivity index (χ2v) is 9.97. The average molecular weight is 457 g/mol. The fourth-order valence-corrected chi connectivity index (χ4v) is 5.08. The van der Waals surface area contributed by atoms with Gasteiger partial charge in [0.25, 0.3) is 0 Å². The van der Waals surface area contributed by atoms with E-state index < -0.39 is 15.1 Å². The molecule has 6 heteroatoms. The van der Waals surface area contributed by atoms with Gasteiger partial charge >= 0.3 is 0 Å². The molecule has 0 aliphatic heterocycles. The van der Waals surface area contributed by atoms with Crippen LogP contribution in [0.1, 0.15) is 46.5 Å². The predicted molar refractivity (Wildman–Crippen MR) is 124 cm³/mol. The van der Waals surface area contributed by atoms with Crippen LogP contribution in [0.15, 0.2) is 77.7 Å². The van der Waals surface area contributed by atoms with Crippen molar-refractivity contribution in [3.63, 3.8) is 0 Å². The van der Waals surface area contributed by atoms with E-state index in [0.29, 0.717) is 28.5 Å². The normalized spacial score (nSPS) is 12.4. The van der Waals surface area contributed by atoms with Crippen molar-refractivity contribution in [1.82, 2.24) is 0 Å². The van der Waals surface area contributed by atoms with E-state index in [1.165, 1.54) is 0 Å². The molecule has 0 saturated heterocycles. The lowest BCUT2D eigenvalue weighted by Gasteiger charge is -2.19. The van der Waals surface area contributed by atoms with Gasteiger partial charge in [-0.25, -0.2) is 8.42 Å². The summed E-state index contributed by atoms with van der Waals surface area (Å²) in [7, 11) is -3.80. The summed E-state index contributed by atoms with van der Waals surface area (Å²) in [4.78, 5) is 13.1. The molecule has 0 amide bonds. The van der Waals surface area contributed by atoms with Crippen LogP contribution in [0.25, 0.3) is 0 Å². The number of ketones is 1. The van der Waals surface area contributed by atoms with Gasteiger partial charge in [0.1, 0.15) is 5.75 Å². The number of halogens is 1. The molecule has 0 saturated carbocycles. The van der Waals surface area contributed by atoms with E-state index in [-0.39, 0.29) is 17.1 Å². The zero-order chi connectivity index (χ0) is 22.4. The number of carbonyl (C=O) groups excluding carboxylic acids is 1. The summed E-state index contributed by atoms with van der Waals surface area (Å²) in [6, 6.07) is 20.1. The Labute approximate surface area is 188 Å². The van der Waals surface area contributed by atoms with E-state index in [4.69, 9.17) is 16.3 Å². The van der Waals surface area contributed by atoms with Crippen molar-refractivity contribution >= 4 is 27.2 Å². The first-order valence-electron chi connectivity index (χ1n) is 10.1. The van der Waals surface area contributed by atoms with Gasteiger partial charge < -0.3 is 4.74 Å². The molecule has 0 bridgehead atoms. The molecule has 0 aliphatic carbocycles. The summed E-state index contributed by atoms with van der Waals surface area (Å²) in [5.74, 6) is 0.407. The number of Topliss-reactive ketones (excluding diaryl/α,β-unsaturated/α-hetero) is 1. The number of sulfone groups is 1. The Morgan fingerprint density at radius 1 is 0.935 bits per heavy atom. The van der Waals surface area contributed by atoms with E-state index >= 15 is 0 Å². The molecule has 4 nitrogen and oxygen atoms in total. The first kappa shape index (κ1) is 23.0. The van der Waals surface area contributed by atoms with Crippen molar-refractivity contribution in [1.29, 1.82) is 0 Å². The lowest BCUT2D eigenvalue weighted by molar-refractivity contribution is 0.0980. The van der Waals surface area contributed by atoms with Crippen molar-refractivity contribution < 1.29 is 17.9 Å². The maximum Gasteiger partial charge on any atom is 0.185 e. The first-order chi connectivity index (χ1) is 14.8. The monoisotopic (exact) mass is 456 g/mol. The van der Waals surface area contributed by atoms with Crippen LogP contribution in [0, 0.1) is 6.92 Å². The van der Waals surface area contributed by atoms with Gasteiger partial charge in [-0.15, -0.1) is 0 Å². The van der Waals surface area contributed by atoms with Crippen LogP contribution in [-0.4, -0.2) is 20.8 Å². The Balaban J connectivity index is 1.97. The third-order valence-electron chi connectivity index (χ3n) is 4.99. The van der Waals surface area contributed by atoms with Gasteiger partial charge in [0.05, 0.1) is 16.8 Å². The number of hydrogen-bond donors (Lipinski definition) is 0. The summed E-state index contributed by atoms with van der Waals surface area (Å²) in [6.45, 7) is 4.49. The molecule has 0 fully saturated rings. The molecule has 0 spiro atoms. The highest BCUT2D eigenvalue weighted by Crippen LogP contribution is 2.34. The van der Waals surface area contributed by atoms with E-state index in [0.717, 1.165) is 12.0 Å². The maximum atomic E-state index is 13.5. The Bertz CT molecular complexity index is 1120. The molecule has 0 radical (unpaired) electrons. The second-order valence-electron chi connectivity index (χ2n) is 7.40. The van der Waals surface area contributed by atoms with Gasteiger partial charge in [0, 0.05) is 17.0 Å². The standard InChI is InChI=1S/C25H25ClO4S/c1-3-16-30-22-12-8-20(9-13-22)25(17-24(27)19-6-10-21(26)11-7-19)31(28,29)23-14-4-18(2)5-15-23/h4-15,25H,3,16-17H2,1-2H3. The smallest absolute Gasteiger partial charge is 0.185 e. The van der Waals surface area contributed by atoms with Gasteiger partial charge in [0.15, 0.2) is 15.6 Å². The van der Waals surface area contributed by atoms with Crippen LogP contribution in [0.3, 0.4) is 0 Å². The number of benzene rings is 3. The lowest BCUT2D eigenvalue weighted by Crippen LogP contribution is -2.18. The molecule has 0 heterocycles. The highest BCUT2D eigenvalue weighted by Gasteiger charge is 2.31. The summed E-state index contributed by atoms with van der Waals surface area (Å²) < 4.78 is 32.6. The number of hydrogen-bond acceptors (Lipinski definition) is 4. The zero-order valence-corrected chi connectivity index (χ0v) is 19.1. The molecule has 0 N–H and O–H groups in total. The molecular formula is C25H25ClO4S. The SMILES string of the molecule is CCCOc1ccc(C(CC(=O)c2ccc(Cl)cc2)S(=O)(=O)c2ccc(C)cc2)cc1. The van der Waals surface area contributed by atoms with Crippen LogP contribution < -0.4 is 4.74 Å². The van der Waals surface area contributed by atoms with E-state index in [1.807, 2.05) is 13.8 Å². The fraction of sp³-hybridized carbons (Fsp3) is 0.240. The zero-order valence-electron chi connectivity index (χ0n) is 17.5. The molecule has 31 heavy (non-hydrogen) atoms. The van der Waals surface area contributed by atoms with Gasteiger partial charge in [-0.3, -0.25) is 4.79 Å². The third kappa shape index (κ3) is 5.75. The molecular weight excluding hydrogens is 432 g/mol. The minimum absolute atomic E-state index is 0.174. The minimum atomic E-state index is -3.80. The Morgan fingerprint density at radius 2 is 1.55 bits per heavy atom. The van der Waals surface area contributed by atoms with Crippen molar-refractivity contribution in [2.45, 2.75) is 36.8 Å². The quantitative estimate of drug-likeness (QED) is 0.358. The second kappa shape index (κ2) is 10.1. The van der Waals surface area contributed by atoms with Gasteiger partial charge in [-0.05, 0) is 67.4 Å². The minimum Gasteiger partial charge on any atom is -0.494 e. The van der Waals surface area contributed by atoms with Gasteiger partial charge in [-0.1, -0.05) is 48.4 Å². The predicted octanol–water partition coefficient (Wildman–Crippen LogP) is 6.23. The highest BCUT2D eigenvalue weighted by atomic mass is 35.5. The first-order valence-corrected chi connectivity index (χ1v) is 12.1. The van der Waals surface area contributed by atoms with E-state index in [1.54, 1.807) is 72.8 Å². The Kier molecular flexibility index (Phi) is 7.52. The van der Waals surface area contributed by atoms with Gasteiger partial charge in [-0.2, -0.15) is 0 Å². The third-order valence-corrected chi connectivity index (χ3v) is 7.35. The number of aryl methyl sites for hydroxylation is 1. The van der Waals surface area contributed by atoms with Crippen molar-refractivity contribution in [2.75, 3.05) is 6.61 Å². The van der Waals surface area contributed by atoms with E-state index in [2.05, 4.69) is 0 Å². The van der Waals surface area contributed by atoms with Crippen molar-refractivity contribution in [2.24, 2.45) is 0 Å². The Morgan fingerprint density at radius 3 is 2.13 bits per heavy atom.